The molecule has 0 radical (unpaired) electrons. The molecule has 1 N–H and O–H groups in total. The summed E-state index contributed by atoms with van der Waals surface area (Å²) in [6, 6.07) is 7.75. The Hall–Kier alpha value is -2.70. The summed E-state index contributed by atoms with van der Waals surface area (Å²) in [6.45, 7) is -0.216. The van der Waals surface area contributed by atoms with Gasteiger partial charge in [0.05, 0.1) is 0 Å². The van der Waals surface area contributed by atoms with Crippen molar-refractivity contribution in [1.29, 1.82) is 0 Å². The Bertz CT molecular complexity index is 682. The molecular weight excluding hydrogens is 314 g/mol. The van der Waals surface area contributed by atoms with E-state index < -0.39 is 23.5 Å². The van der Waals surface area contributed by atoms with E-state index in [2.05, 4.69) is 0 Å². The quantitative estimate of drug-likeness (QED) is 0.840. The monoisotopic (exact) mass is 331 g/mol. The Labute approximate surface area is 138 Å². The lowest BCUT2D eigenvalue weighted by molar-refractivity contribution is -0.141. The summed E-state index contributed by atoms with van der Waals surface area (Å²) in [4.78, 5) is 49.0. The number of aliphatic carboxylic acids is 1. The number of rotatable bonds is 3. The number of carbonyl (C=O) groups is 4. The molecule has 0 bridgehead atoms. The number of Topliss-reactive ketones (excluding diaryl/α,β-unsaturated/α-hetero) is 2. The lowest BCUT2D eigenvalue weighted by Crippen LogP contribution is -2.41. The zero-order valence-electron chi connectivity index (χ0n) is 12.9. The predicted molar refractivity (Wildman–Crippen MR) is 81.1 cm³/mol. The van der Waals surface area contributed by atoms with E-state index in [1.54, 1.807) is 24.3 Å². The number of carbonyl (C=O) groups excluding carboxylic acids is 3. The molecule has 1 saturated carbocycles. The van der Waals surface area contributed by atoms with Crippen LogP contribution in [0.2, 0.25) is 0 Å². The summed E-state index contributed by atoms with van der Waals surface area (Å²) < 4.78 is 5.17. The van der Waals surface area contributed by atoms with Crippen LogP contribution in [0.15, 0.2) is 30.3 Å². The lowest BCUT2D eigenvalue weighted by Gasteiger charge is -2.22. The van der Waals surface area contributed by atoms with Crippen LogP contribution in [0.25, 0.3) is 0 Å². The van der Waals surface area contributed by atoms with Crippen LogP contribution in [-0.2, 0) is 25.7 Å². The molecule has 1 saturated heterocycles. The zero-order valence-corrected chi connectivity index (χ0v) is 12.9. The van der Waals surface area contributed by atoms with Gasteiger partial charge in [-0.15, -0.1) is 0 Å². The van der Waals surface area contributed by atoms with Crippen molar-refractivity contribution in [1.82, 2.24) is 4.90 Å². The number of amides is 1. The van der Waals surface area contributed by atoms with E-state index in [1.807, 2.05) is 6.07 Å². The molecule has 2 aliphatic rings. The number of ketones is 2. The molecular formula is C17H17NO6. The first kappa shape index (κ1) is 16.2. The first-order valence-electron chi connectivity index (χ1n) is 7.71. The van der Waals surface area contributed by atoms with E-state index in [9.17, 15) is 24.3 Å². The predicted octanol–water partition coefficient (Wildman–Crippen LogP) is 1.40. The first-order chi connectivity index (χ1) is 11.4. The third-order valence-electron chi connectivity index (χ3n) is 4.73. The molecule has 1 aliphatic heterocycles. The number of carboxylic acid groups (broad SMARTS) is 1. The average molecular weight is 331 g/mol. The van der Waals surface area contributed by atoms with Gasteiger partial charge in [-0.3, -0.25) is 14.5 Å². The van der Waals surface area contributed by atoms with E-state index in [0.717, 1.165) is 10.5 Å². The molecule has 0 unspecified atom stereocenters. The second-order valence-corrected chi connectivity index (χ2v) is 6.15. The number of hydrogen-bond acceptors (Lipinski definition) is 5. The standard InChI is InChI=1S/C17H17NO6/c19-13-6-7-14(20)17(13)8-12(15(21)22)18(10-17)16(23)24-9-11-4-2-1-3-5-11/h1-5,12H,6-10H2,(H,21,22)/t12-/m0/s1. The third kappa shape index (κ3) is 2.66. The van der Waals surface area contributed by atoms with Gasteiger partial charge in [-0.2, -0.15) is 0 Å². The summed E-state index contributed by atoms with van der Waals surface area (Å²) in [5.74, 6) is -1.80. The highest BCUT2D eigenvalue weighted by Gasteiger charge is 2.59. The largest absolute Gasteiger partial charge is 0.480 e. The summed E-state index contributed by atoms with van der Waals surface area (Å²) in [5.41, 5.74) is -0.603. The number of likely N-dealkylation sites (tertiary alicyclic amines) is 1. The van der Waals surface area contributed by atoms with Crippen LogP contribution < -0.4 is 0 Å². The van der Waals surface area contributed by atoms with Gasteiger partial charge >= 0.3 is 12.1 Å². The molecule has 1 aromatic carbocycles. The smallest absolute Gasteiger partial charge is 0.410 e. The molecule has 24 heavy (non-hydrogen) atoms. The molecule has 1 atom stereocenters. The SMILES string of the molecule is O=C(O)[C@@H]1CC2(CN1C(=O)OCc1ccccc1)C(=O)CCC2=O. The highest BCUT2D eigenvalue weighted by molar-refractivity contribution is 6.14. The van der Waals surface area contributed by atoms with Crippen molar-refractivity contribution in [2.75, 3.05) is 6.54 Å². The van der Waals surface area contributed by atoms with E-state index in [0.29, 0.717) is 0 Å². The van der Waals surface area contributed by atoms with Gasteiger partial charge in [-0.25, -0.2) is 9.59 Å². The fraction of sp³-hybridized carbons (Fsp3) is 0.412. The maximum atomic E-state index is 12.3. The number of benzene rings is 1. The Morgan fingerprint density at radius 1 is 1.17 bits per heavy atom. The van der Waals surface area contributed by atoms with Crippen molar-refractivity contribution in [3.63, 3.8) is 0 Å². The van der Waals surface area contributed by atoms with Crippen molar-refractivity contribution in [3.05, 3.63) is 35.9 Å². The van der Waals surface area contributed by atoms with Crippen LogP contribution in [0.5, 0.6) is 0 Å². The number of hydrogen-bond donors (Lipinski definition) is 1. The minimum absolute atomic E-state index is 0.00257. The number of carboxylic acids is 1. The molecule has 3 rings (SSSR count). The van der Waals surface area contributed by atoms with Crippen LogP contribution in [-0.4, -0.2) is 46.2 Å². The second kappa shape index (κ2) is 6.07. The van der Waals surface area contributed by atoms with Crippen LogP contribution >= 0.6 is 0 Å². The van der Waals surface area contributed by atoms with Gasteiger partial charge in [0.25, 0.3) is 0 Å². The van der Waals surface area contributed by atoms with Gasteiger partial charge in [-0.1, -0.05) is 30.3 Å². The van der Waals surface area contributed by atoms with Gasteiger partial charge in [0.1, 0.15) is 29.6 Å². The van der Waals surface area contributed by atoms with Crippen LogP contribution in [0, 0.1) is 5.41 Å². The Morgan fingerprint density at radius 2 is 1.79 bits per heavy atom. The van der Waals surface area contributed by atoms with Crippen LogP contribution in [0.1, 0.15) is 24.8 Å². The first-order valence-corrected chi connectivity index (χ1v) is 7.71. The fourth-order valence-corrected chi connectivity index (χ4v) is 3.39. The molecule has 7 heteroatoms. The highest BCUT2D eigenvalue weighted by atomic mass is 16.6. The molecule has 1 heterocycles. The number of nitrogens with zero attached hydrogens (tertiary/aromatic N) is 1. The van der Waals surface area contributed by atoms with Crippen molar-refractivity contribution in [2.24, 2.45) is 5.41 Å². The average Bonchev–Trinajstić information content (AvgIpc) is 3.11. The Kier molecular flexibility index (Phi) is 4.09. The van der Waals surface area contributed by atoms with Gasteiger partial charge in [0, 0.05) is 19.4 Å². The molecule has 1 amide bonds. The normalized spacial score (nSPS) is 22.2. The lowest BCUT2D eigenvalue weighted by atomic mass is 9.82. The summed E-state index contributed by atoms with van der Waals surface area (Å²) in [6.07, 6.45) is -0.771. The van der Waals surface area contributed by atoms with Crippen LogP contribution in [0.4, 0.5) is 4.79 Å². The summed E-state index contributed by atoms with van der Waals surface area (Å²) in [5, 5.41) is 9.36. The van der Waals surface area contributed by atoms with Crippen molar-refractivity contribution >= 4 is 23.6 Å². The Balaban J connectivity index is 1.75. The zero-order chi connectivity index (χ0) is 17.3. The molecule has 126 valence electrons. The molecule has 1 aliphatic carbocycles. The minimum atomic E-state index is -1.37. The minimum Gasteiger partial charge on any atom is -0.480 e. The molecule has 7 nitrogen and oxygen atoms in total. The number of ether oxygens (including phenoxy) is 1. The van der Waals surface area contributed by atoms with Gasteiger partial charge in [0.15, 0.2) is 0 Å². The molecule has 1 spiro atoms. The second-order valence-electron chi connectivity index (χ2n) is 6.15. The van der Waals surface area contributed by atoms with Crippen molar-refractivity contribution in [3.8, 4) is 0 Å². The van der Waals surface area contributed by atoms with E-state index in [4.69, 9.17) is 4.74 Å². The Morgan fingerprint density at radius 3 is 2.38 bits per heavy atom. The van der Waals surface area contributed by atoms with E-state index in [-0.39, 0.29) is 44.0 Å². The topological polar surface area (TPSA) is 101 Å². The third-order valence-corrected chi connectivity index (χ3v) is 4.73. The maximum absolute atomic E-state index is 12.3. The maximum Gasteiger partial charge on any atom is 0.410 e. The van der Waals surface area contributed by atoms with Gasteiger partial charge in [-0.05, 0) is 12.0 Å². The molecule has 1 aromatic rings. The molecule has 2 fully saturated rings. The van der Waals surface area contributed by atoms with Crippen molar-refractivity contribution < 1.29 is 29.0 Å². The summed E-state index contributed by atoms with van der Waals surface area (Å²) >= 11 is 0. The van der Waals surface area contributed by atoms with Gasteiger partial charge < -0.3 is 9.84 Å². The van der Waals surface area contributed by atoms with Crippen molar-refractivity contribution in [2.45, 2.75) is 31.9 Å². The molecule has 0 aromatic heterocycles. The summed E-state index contributed by atoms with van der Waals surface area (Å²) in [7, 11) is 0. The van der Waals surface area contributed by atoms with E-state index >= 15 is 0 Å². The van der Waals surface area contributed by atoms with Crippen LogP contribution in [0.3, 0.4) is 0 Å². The fourth-order valence-electron chi connectivity index (χ4n) is 3.39. The highest BCUT2D eigenvalue weighted by Crippen LogP contribution is 2.43. The van der Waals surface area contributed by atoms with E-state index in [1.165, 1.54) is 0 Å². The van der Waals surface area contributed by atoms with Gasteiger partial charge in [0.2, 0.25) is 0 Å².